The van der Waals surface area contributed by atoms with Crippen molar-refractivity contribution in [1.82, 2.24) is 34.8 Å². The molecule has 0 unspecified atom stereocenters. The van der Waals surface area contributed by atoms with Gasteiger partial charge in [0.15, 0.2) is 5.11 Å². The van der Waals surface area contributed by atoms with Gasteiger partial charge in [-0.3, -0.25) is 14.5 Å². The largest absolute Gasteiger partial charge is 0.352 e. The summed E-state index contributed by atoms with van der Waals surface area (Å²) in [5.41, 5.74) is 4.66. The van der Waals surface area contributed by atoms with Crippen molar-refractivity contribution in [3.63, 3.8) is 0 Å². The highest BCUT2D eigenvalue weighted by molar-refractivity contribution is 7.80. The number of thiocarbonyl (C=S) groups is 1. The van der Waals surface area contributed by atoms with Crippen LogP contribution in [0.15, 0.2) is 73.4 Å². The first-order valence-electron chi connectivity index (χ1n) is 10.9. The second-order valence-corrected chi connectivity index (χ2v) is 8.54. The number of aryl methyl sites for hydroxylation is 1. The first kappa shape index (κ1) is 21.8. The Morgan fingerprint density at radius 3 is 2.53 bits per heavy atom. The predicted octanol–water partition coefficient (Wildman–Crippen LogP) is 3.01. The van der Waals surface area contributed by atoms with Crippen LogP contribution in [0.1, 0.15) is 34.7 Å². The smallest absolute Gasteiger partial charge is 0.244 e. The SMILES string of the molecule is Cc1cc([C@H]2[C@H](c3ccccn3)NC(=S)N2CC(=O)Nc2ccccc2)c(C)n1-n1cnnc1. The number of anilines is 1. The van der Waals surface area contributed by atoms with E-state index in [1.54, 1.807) is 18.9 Å². The van der Waals surface area contributed by atoms with E-state index >= 15 is 0 Å². The van der Waals surface area contributed by atoms with Crippen molar-refractivity contribution in [3.05, 3.63) is 96.1 Å². The minimum Gasteiger partial charge on any atom is -0.352 e. The van der Waals surface area contributed by atoms with E-state index < -0.39 is 0 Å². The lowest BCUT2D eigenvalue weighted by Crippen LogP contribution is -2.37. The number of para-hydroxylation sites is 1. The number of hydrogen-bond donors (Lipinski definition) is 2. The zero-order valence-electron chi connectivity index (χ0n) is 18.8. The topological polar surface area (TPSA) is 92.9 Å². The third-order valence-corrected chi connectivity index (χ3v) is 6.31. The zero-order valence-corrected chi connectivity index (χ0v) is 19.6. The molecule has 0 spiro atoms. The van der Waals surface area contributed by atoms with Crippen molar-refractivity contribution < 1.29 is 4.79 Å². The Bertz CT molecular complexity index is 1300. The molecule has 0 bridgehead atoms. The Kier molecular flexibility index (Phi) is 5.81. The van der Waals surface area contributed by atoms with Gasteiger partial charge in [-0.15, -0.1) is 10.2 Å². The van der Waals surface area contributed by atoms with Crippen LogP contribution in [0.25, 0.3) is 0 Å². The van der Waals surface area contributed by atoms with Gasteiger partial charge < -0.3 is 15.5 Å². The summed E-state index contributed by atoms with van der Waals surface area (Å²) >= 11 is 5.72. The van der Waals surface area contributed by atoms with Gasteiger partial charge in [-0.2, -0.15) is 0 Å². The van der Waals surface area contributed by atoms with E-state index in [1.807, 2.05) is 76.6 Å². The highest BCUT2D eigenvalue weighted by atomic mass is 32.1. The van der Waals surface area contributed by atoms with Crippen molar-refractivity contribution in [1.29, 1.82) is 0 Å². The van der Waals surface area contributed by atoms with E-state index in [2.05, 4.69) is 31.9 Å². The summed E-state index contributed by atoms with van der Waals surface area (Å²) in [6.07, 6.45) is 5.08. The van der Waals surface area contributed by atoms with Crippen LogP contribution in [-0.2, 0) is 4.79 Å². The van der Waals surface area contributed by atoms with Gasteiger partial charge in [0.05, 0.1) is 17.8 Å². The molecular weight excluding hydrogens is 448 g/mol. The molecule has 3 aromatic heterocycles. The summed E-state index contributed by atoms with van der Waals surface area (Å²) < 4.78 is 3.87. The summed E-state index contributed by atoms with van der Waals surface area (Å²) in [7, 11) is 0. The molecule has 0 aliphatic carbocycles. The van der Waals surface area contributed by atoms with Gasteiger partial charge in [0.2, 0.25) is 5.91 Å². The molecule has 2 atom stereocenters. The number of carbonyl (C=O) groups is 1. The molecule has 1 saturated heterocycles. The molecule has 1 aromatic carbocycles. The number of benzene rings is 1. The van der Waals surface area contributed by atoms with Gasteiger partial charge in [-0.05, 0) is 56.4 Å². The standard InChI is InChI=1S/C24H24N8OS/c1-16-12-19(17(2)32(16)30-14-26-27-15-30)23-22(20-10-6-7-11-25-20)29-24(34)31(23)13-21(33)28-18-8-4-3-5-9-18/h3-12,14-15,22-23H,13H2,1-2H3,(H,28,33)(H,29,34)/t22-,23-/m0/s1. The van der Waals surface area contributed by atoms with E-state index in [4.69, 9.17) is 12.2 Å². The van der Waals surface area contributed by atoms with Crippen LogP contribution in [0.2, 0.25) is 0 Å². The number of hydrogen-bond acceptors (Lipinski definition) is 5. The number of nitrogens with one attached hydrogen (secondary N) is 2. The Labute approximate surface area is 202 Å². The summed E-state index contributed by atoms with van der Waals surface area (Å²) in [6.45, 7) is 4.17. The lowest BCUT2D eigenvalue weighted by Gasteiger charge is -2.27. The zero-order chi connectivity index (χ0) is 23.7. The van der Waals surface area contributed by atoms with Gasteiger partial charge in [0.25, 0.3) is 0 Å². The number of carbonyl (C=O) groups excluding carboxylic acids is 1. The maximum atomic E-state index is 13.0. The summed E-state index contributed by atoms with van der Waals surface area (Å²) in [4.78, 5) is 19.5. The van der Waals surface area contributed by atoms with Gasteiger partial charge in [0, 0.05) is 28.8 Å². The molecular formula is C24H24N8OS. The van der Waals surface area contributed by atoms with E-state index in [-0.39, 0.29) is 24.5 Å². The molecule has 1 aliphatic rings. The Morgan fingerprint density at radius 2 is 1.82 bits per heavy atom. The Hall–Kier alpha value is -4.05. The first-order chi connectivity index (χ1) is 16.5. The van der Waals surface area contributed by atoms with E-state index in [1.165, 1.54) is 0 Å². The summed E-state index contributed by atoms with van der Waals surface area (Å²) in [5, 5.41) is 14.8. The average molecular weight is 473 g/mol. The van der Waals surface area contributed by atoms with E-state index in [9.17, 15) is 4.79 Å². The molecule has 34 heavy (non-hydrogen) atoms. The molecule has 4 aromatic rings. The van der Waals surface area contributed by atoms with Crippen LogP contribution in [0.5, 0.6) is 0 Å². The van der Waals surface area contributed by atoms with E-state index in [0.717, 1.165) is 28.3 Å². The molecule has 5 rings (SSSR count). The fraction of sp³-hybridized carbons (Fsp3) is 0.208. The lowest BCUT2D eigenvalue weighted by atomic mass is 9.97. The minimum atomic E-state index is -0.236. The van der Waals surface area contributed by atoms with Crippen molar-refractivity contribution >= 4 is 28.9 Å². The van der Waals surface area contributed by atoms with E-state index in [0.29, 0.717) is 5.11 Å². The maximum absolute atomic E-state index is 13.0. The van der Waals surface area contributed by atoms with Crippen molar-refractivity contribution in [3.8, 4) is 0 Å². The minimum absolute atomic E-state index is 0.102. The van der Waals surface area contributed by atoms with Crippen LogP contribution in [-0.4, -0.2) is 47.0 Å². The maximum Gasteiger partial charge on any atom is 0.244 e. The van der Waals surface area contributed by atoms with Crippen LogP contribution in [0.4, 0.5) is 5.69 Å². The lowest BCUT2D eigenvalue weighted by molar-refractivity contribution is -0.116. The summed E-state index contributed by atoms with van der Waals surface area (Å²) in [6, 6.07) is 16.9. The quantitative estimate of drug-likeness (QED) is 0.417. The van der Waals surface area contributed by atoms with Gasteiger partial charge in [-0.1, -0.05) is 24.3 Å². The van der Waals surface area contributed by atoms with Gasteiger partial charge >= 0.3 is 0 Å². The molecule has 9 nitrogen and oxygen atoms in total. The molecule has 172 valence electrons. The molecule has 2 N–H and O–H groups in total. The second kappa shape index (κ2) is 9.06. The molecule has 10 heteroatoms. The number of rotatable bonds is 6. The Balaban J connectivity index is 1.53. The number of aromatic nitrogens is 5. The van der Waals surface area contributed by atoms with Crippen molar-refractivity contribution in [2.24, 2.45) is 0 Å². The normalized spacial score (nSPS) is 17.6. The van der Waals surface area contributed by atoms with Crippen LogP contribution < -0.4 is 10.6 Å². The number of pyridine rings is 1. The molecule has 4 heterocycles. The fourth-order valence-corrected chi connectivity index (χ4v) is 4.83. The number of amides is 1. The van der Waals surface area contributed by atoms with Gasteiger partial charge in [0.1, 0.15) is 19.2 Å². The van der Waals surface area contributed by atoms with Crippen LogP contribution in [0, 0.1) is 13.8 Å². The van der Waals surface area contributed by atoms with Crippen LogP contribution in [0.3, 0.4) is 0 Å². The van der Waals surface area contributed by atoms with Gasteiger partial charge in [-0.25, -0.2) is 4.68 Å². The predicted molar refractivity (Wildman–Crippen MR) is 132 cm³/mol. The fourth-order valence-electron chi connectivity index (χ4n) is 4.52. The highest BCUT2D eigenvalue weighted by Gasteiger charge is 2.42. The first-order valence-corrected chi connectivity index (χ1v) is 11.3. The molecule has 1 aliphatic heterocycles. The van der Waals surface area contributed by atoms with Crippen LogP contribution >= 0.6 is 12.2 Å². The summed E-state index contributed by atoms with van der Waals surface area (Å²) in [5.74, 6) is -0.144. The molecule has 1 fully saturated rings. The molecule has 1 amide bonds. The Morgan fingerprint density at radius 1 is 1.09 bits per heavy atom. The second-order valence-electron chi connectivity index (χ2n) is 8.15. The third kappa shape index (κ3) is 4.03. The monoisotopic (exact) mass is 472 g/mol. The van der Waals surface area contributed by atoms with Crippen molar-refractivity contribution in [2.75, 3.05) is 11.9 Å². The highest BCUT2D eigenvalue weighted by Crippen LogP contribution is 2.40. The third-order valence-electron chi connectivity index (χ3n) is 5.96. The molecule has 0 saturated carbocycles. The molecule has 0 radical (unpaired) electrons. The van der Waals surface area contributed by atoms with Crippen molar-refractivity contribution in [2.45, 2.75) is 25.9 Å². The average Bonchev–Trinajstić information content (AvgIpc) is 3.54. The number of nitrogens with zero attached hydrogens (tertiary/aromatic N) is 6.